The number of carbonyl (C=O) groups is 2. The molecule has 0 atom stereocenters. The highest BCUT2D eigenvalue weighted by Crippen LogP contribution is 2.37. The summed E-state index contributed by atoms with van der Waals surface area (Å²) in [5.74, 6) is -1.36. The van der Waals surface area contributed by atoms with Crippen LogP contribution in [0.1, 0.15) is 58.5 Å². The van der Waals surface area contributed by atoms with Crippen LogP contribution in [0.3, 0.4) is 0 Å². The third-order valence-electron chi connectivity index (χ3n) is 5.38. The normalized spacial score (nSPS) is 17.4. The largest absolute Gasteiger partial charge is 0.478 e. The number of rotatable bonds is 3. The maximum absolute atomic E-state index is 13.3. The molecule has 8 heteroatoms. The van der Waals surface area contributed by atoms with Gasteiger partial charge in [-0.05, 0) is 50.3 Å². The number of aryl methyl sites for hydroxylation is 1. The standard InChI is InChI=1S/C19H20N4O4/c1-11-9-14(21-13-5-8-20-10-12(13)18(26)27)17(25)23-15(11)16(24)22-19(23)6-3-2-4-7-19/h5,8-10H,2-4,6-7H2,1H3,(H,20,21)(H,22,24)(H,26,27). The van der Waals surface area contributed by atoms with Crippen molar-refractivity contribution >= 4 is 23.3 Å². The minimum absolute atomic E-state index is 0.0263. The van der Waals surface area contributed by atoms with Crippen molar-refractivity contribution in [3.05, 3.63) is 51.7 Å². The van der Waals surface area contributed by atoms with Crippen molar-refractivity contribution in [1.82, 2.24) is 14.9 Å². The molecule has 27 heavy (non-hydrogen) atoms. The topological polar surface area (TPSA) is 113 Å². The average molecular weight is 368 g/mol. The van der Waals surface area contributed by atoms with Crippen molar-refractivity contribution in [3.8, 4) is 0 Å². The van der Waals surface area contributed by atoms with Crippen LogP contribution in [0.4, 0.5) is 11.4 Å². The summed E-state index contributed by atoms with van der Waals surface area (Å²) in [7, 11) is 0. The summed E-state index contributed by atoms with van der Waals surface area (Å²) < 4.78 is 1.58. The molecule has 3 heterocycles. The van der Waals surface area contributed by atoms with Gasteiger partial charge in [0.1, 0.15) is 22.6 Å². The minimum atomic E-state index is -1.14. The van der Waals surface area contributed by atoms with E-state index in [4.69, 9.17) is 0 Å². The number of fused-ring (bicyclic) bond motifs is 2. The maximum Gasteiger partial charge on any atom is 0.339 e. The smallest absolute Gasteiger partial charge is 0.339 e. The summed E-state index contributed by atoms with van der Waals surface area (Å²) in [5, 5.41) is 15.3. The Kier molecular flexibility index (Phi) is 3.98. The number of carboxylic acid groups (broad SMARTS) is 1. The van der Waals surface area contributed by atoms with E-state index in [-0.39, 0.29) is 28.4 Å². The van der Waals surface area contributed by atoms with Crippen LogP contribution in [0.25, 0.3) is 0 Å². The van der Waals surface area contributed by atoms with Crippen LogP contribution in [0.5, 0.6) is 0 Å². The number of carboxylic acids is 1. The zero-order valence-corrected chi connectivity index (χ0v) is 14.9. The van der Waals surface area contributed by atoms with E-state index in [1.54, 1.807) is 17.6 Å². The lowest BCUT2D eigenvalue weighted by molar-refractivity contribution is 0.0697. The third-order valence-corrected chi connectivity index (χ3v) is 5.38. The number of hydrogen-bond donors (Lipinski definition) is 3. The van der Waals surface area contributed by atoms with Gasteiger partial charge in [-0.25, -0.2) is 4.79 Å². The van der Waals surface area contributed by atoms with Crippen molar-refractivity contribution in [2.24, 2.45) is 0 Å². The molecule has 2 aromatic heterocycles. The summed E-state index contributed by atoms with van der Waals surface area (Å²) in [6, 6.07) is 3.11. The fourth-order valence-corrected chi connectivity index (χ4v) is 4.15. The van der Waals surface area contributed by atoms with E-state index >= 15 is 0 Å². The Labute approximate surface area is 155 Å². The molecule has 2 aliphatic rings. The monoisotopic (exact) mass is 368 g/mol. The van der Waals surface area contributed by atoms with Gasteiger partial charge in [0.25, 0.3) is 11.5 Å². The maximum atomic E-state index is 13.3. The summed E-state index contributed by atoms with van der Waals surface area (Å²) in [4.78, 5) is 41.1. The molecule has 1 saturated carbocycles. The number of amides is 1. The fourth-order valence-electron chi connectivity index (χ4n) is 4.15. The van der Waals surface area contributed by atoms with E-state index in [0.717, 1.165) is 19.3 Å². The van der Waals surface area contributed by atoms with Gasteiger partial charge in [-0.1, -0.05) is 6.42 Å². The lowest BCUT2D eigenvalue weighted by atomic mass is 9.89. The van der Waals surface area contributed by atoms with Gasteiger partial charge in [-0.15, -0.1) is 0 Å². The Morgan fingerprint density at radius 3 is 2.70 bits per heavy atom. The molecule has 1 fully saturated rings. The molecule has 0 radical (unpaired) electrons. The summed E-state index contributed by atoms with van der Waals surface area (Å²) >= 11 is 0. The predicted octanol–water partition coefficient (Wildman–Crippen LogP) is 2.35. The van der Waals surface area contributed by atoms with E-state index in [1.807, 2.05) is 0 Å². The molecule has 1 aliphatic carbocycles. The number of nitrogens with zero attached hydrogens (tertiary/aromatic N) is 2. The molecule has 2 aromatic rings. The number of aromatic nitrogens is 2. The van der Waals surface area contributed by atoms with Crippen molar-refractivity contribution in [2.45, 2.75) is 44.7 Å². The van der Waals surface area contributed by atoms with Gasteiger partial charge >= 0.3 is 5.97 Å². The first-order valence-corrected chi connectivity index (χ1v) is 8.97. The van der Waals surface area contributed by atoms with Crippen LogP contribution in [-0.2, 0) is 5.66 Å². The highest BCUT2D eigenvalue weighted by molar-refractivity contribution is 5.97. The molecule has 0 unspecified atom stereocenters. The highest BCUT2D eigenvalue weighted by Gasteiger charge is 2.45. The minimum Gasteiger partial charge on any atom is -0.478 e. The van der Waals surface area contributed by atoms with Gasteiger partial charge in [-0.3, -0.25) is 19.1 Å². The molecular formula is C19H20N4O4. The molecule has 3 N–H and O–H groups in total. The molecule has 140 valence electrons. The van der Waals surface area contributed by atoms with Gasteiger partial charge in [0.15, 0.2) is 0 Å². The number of hydrogen-bond acceptors (Lipinski definition) is 5. The van der Waals surface area contributed by atoms with Crippen LogP contribution < -0.4 is 16.2 Å². The molecule has 4 rings (SSSR count). The lowest BCUT2D eigenvalue weighted by Gasteiger charge is -2.35. The van der Waals surface area contributed by atoms with Crippen molar-refractivity contribution in [2.75, 3.05) is 5.32 Å². The van der Waals surface area contributed by atoms with Crippen LogP contribution in [0, 0.1) is 6.92 Å². The summed E-state index contributed by atoms with van der Waals surface area (Å²) in [6.45, 7) is 1.78. The van der Waals surface area contributed by atoms with E-state index < -0.39 is 11.6 Å². The van der Waals surface area contributed by atoms with Gasteiger partial charge in [-0.2, -0.15) is 0 Å². The van der Waals surface area contributed by atoms with Crippen LogP contribution >= 0.6 is 0 Å². The van der Waals surface area contributed by atoms with Gasteiger partial charge in [0, 0.05) is 12.4 Å². The zero-order chi connectivity index (χ0) is 19.2. The fraction of sp³-hybridized carbons (Fsp3) is 0.368. The van der Waals surface area contributed by atoms with Crippen LogP contribution in [-0.4, -0.2) is 26.5 Å². The Morgan fingerprint density at radius 2 is 2.00 bits per heavy atom. The number of carbonyl (C=O) groups excluding carboxylic acids is 1. The molecule has 1 amide bonds. The van der Waals surface area contributed by atoms with Crippen molar-refractivity contribution in [1.29, 1.82) is 0 Å². The molecule has 1 spiro atoms. The van der Waals surface area contributed by atoms with Gasteiger partial charge < -0.3 is 15.7 Å². The number of pyridine rings is 2. The molecule has 0 saturated heterocycles. The highest BCUT2D eigenvalue weighted by atomic mass is 16.4. The van der Waals surface area contributed by atoms with E-state index in [1.165, 1.54) is 18.5 Å². The first-order chi connectivity index (χ1) is 12.9. The Bertz CT molecular complexity index is 1010. The first-order valence-electron chi connectivity index (χ1n) is 8.97. The van der Waals surface area contributed by atoms with E-state index in [0.29, 0.717) is 24.1 Å². The second-order valence-electron chi connectivity index (χ2n) is 7.13. The van der Waals surface area contributed by atoms with Crippen molar-refractivity contribution < 1.29 is 14.7 Å². The van der Waals surface area contributed by atoms with Crippen LogP contribution in [0.2, 0.25) is 0 Å². The summed E-state index contributed by atoms with van der Waals surface area (Å²) in [6.07, 6.45) is 7.08. The summed E-state index contributed by atoms with van der Waals surface area (Å²) in [5.41, 5.74) is 0.545. The SMILES string of the molecule is Cc1cc(Nc2ccncc2C(=O)O)c(=O)n2c1C(=O)NC21CCCCC1. The molecular weight excluding hydrogens is 348 g/mol. The van der Waals surface area contributed by atoms with Crippen molar-refractivity contribution in [3.63, 3.8) is 0 Å². The second-order valence-corrected chi connectivity index (χ2v) is 7.13. The first kappa shape index (κ1) is 17.3. The second kappa shape index (κ2) is 6.22. The van der Waals surface area contributed by atoms with E-state index in [9.17, 15) is 19.5 Å². The molecule has 1 aliphatic heterocycles. The Morgan fingerprint density at radius 1 is 1.26 bits per heavy atom. The molecule has 0 aromatic carbocycles. The molecule has 0 bridgehead atoms. The number of anilines is 2. The number of aromatic carboxylic acids is 1. The average Bonchev–Trinajstić information content (AvgIpc) is 2.92. The third kappa shape index (κ3) is 2.68. The Hall–Kier alpha value is -3.16. The zero-order valence-electron chi connectivity index (χ0n) is 14.9. The lowest BCUT2D eigenvalue weighted by Crippen LogP contribution is -2.48. The predicted molar refractivity (Wildman–Crippen MR) is 98.4 cm³/mol. The Balaban J connectivity index is 1.85. The van der Waals surface area contributed by atoms with Crippen LogP contribution in [0.15, 0.2) is 29.3 Å². The van der Waals surface area contributed by atoms with Gasteiger partial charge in [0.2, 0.25) is 0 Å². The molecule has 8 nitrogen and oxygen atoms in total. The number of nitrogens with one attached hydrogen (secondary N) is 2. The van der Waals surface area contributed by atoms with E-state index in [2.05, 4.69) is 15.6 Å². The van der Waals surface area contributed by atoms with Gasteiger partial charge in [0.05, 0.1) is 5.69 Å². The quantitative estimate of drug-likeness (QED) is 0.766.